The van der Waals surface area contributed by atoms with Crippen molar-refractivity contribution in [2.75, 3.05) is 12.9 Å². The predicted molar refractivity (Wildman–Crippen MR) is 110 cm³/mol. The van der Waals surface area contributed by atoms with Crippen LogP contribution in [0, 0.1) is 6.92 Å². The first-order valence-electron chi connectivity index (χ1n) is 9.23. The van der Waals surface area contributed by atoms with Gasteiger partial charge >= 0.3 is 0 Å². The maximum atomic E-state index is 12.1. The van der Waals surface area contributed by atoms with Crippen molar-refractivity contribution in [3.05, 3.63) is 54.1 Å². The number of thioether (sulfide) groups is 1. The SMILES string of the molecule is COc1ccc(-n2c(SCC(=O)NC3CC3)nnc2-c2cccc(C)c2)cc1. The molecule has 0 bridgehead atoms. The standard InChI is InChI=1S/C21H22N4O2S/c1-14-4-3-5-15(12-14)20-23-24-21(28-13-19(26)22-16-6-7-16)25(20)17-8-10-18(27-2)11-9-17/h3-5,8-12,16H,6-7,13H2,1-2H3,(H,22,26). The summed E-state index contributed by atoms with van der Waals surface area (Å²) < 4.78 is 7.26. The maximum absolute atomic E-state index is 12.1. The van der Waals surface area contributed by atoms with E-state index in [2.05, 4.69) is 34.6 Å². The van der Waals surface area contributed by atoms with Crippen LogP contribution in [0.5, 0.6) is 5.75 Å². The average Bonchev–Trinajstić information content (AvgIpc) is 3.42. The molecular weight excluding hydrogens is 372 g/mol. The molecule has 1 heterocycles. The average molecular weight is 395 g/mol. The fraction of sp³-hybridized carbons (Fsp3) is 0.286. The van der Waals surface area contributed by atoms with Crippen LogP contribution in [0.25, 0.3) is 17.1 Å². The van der Waals surface area contributed by atoms with Crippen molar-refractivity contribution >= 4 is 17.7 Å². The summed E-state index contributed by atoms with van der Waals surface area (Å²) in [6.45, 7) is 2.05. The smallest absolute Gasteiger partial charge is 0.230 e. The lowest BCUT2D eigenvalue weighted by Crippen LogP contribution is -2.27. The lowest BCUT2D eigenvalue weighted by atomic mass is 10.1. The van der Waals surface area contributed by atoms with E-state index in [1.807, 2.05) is 41.0 Å². The first-order chi connectivity index (χ1) is 13.6. The summed E-state index contributed by atoms with van der Waals surface area (Å²) in [5, 5.41) is 12.5. The molecule has 0 aliphatic heterocycles. The molecule has 28 heavy (non-hydrogen) atoms. The van der Waals surface area contributed by atoms with Gasteiger partial charge in [-0.05, 0) is 50.1 Å². The Hall–Kier alpha value is -2.80. The fourth-order valence-electron chi connectivity index (χ4n) is 2.93. The van der Waals surface area contributed by atoms with Crippen LogP contribution in [0.3, 0.4) is 0 Å². The molecule has 0 spiro atoms. The van der Waals surface area contributed by atoms with E-state index in [0.29, 0.717) is 17.0 Å². The minimum atomic E-state index is 0.0360. The molecule has 1 saturated carbocycles. The van der Waals surface area contributed by atoms with Gasteiger partial charge in [0.05, 0.1) is 12.9 Å². The number of carbonyl (C=O) groups is 1. The second-order valence-electron chi connectivity index (χ2n) is 6.84. The van der Waals surface area contributed by atoms with Gasteiger partial charge in [-0.25, -0.2) is 0 Å². The number of nitrogens with one attached hydrogen (secondary N) is 1. The molecule has 0 unspecified atom stereocenters. The van der Waals surface area contributed by atoms with Crippen molar-refractivity contribution in [3.63, 3.8) is 0 Å². The minimum absolute atomic E-state index is 0.0360. The highest BCUT2D eigenvalue weighted by Crippen LogP contribution is 2.29. The molecule has 1 aliphatic carbocycles. The first-order valence-corrected chi connectivity index (χ1v) is 10.2. The molecule has 1 fully saturated rings. The van der Waals surface area contributed by atoms with Gasteiger partial charge in [0.25, 0.3) is 0 Å². The Kier molecular flexibility index (Phi) is 5.34. The molecule has 6 nitrogen and oxygen atoms in total. The summed E-state index contributed by atoms with van der Waals surface area (Å²) in [6.07, 6.45) is 2.16. The van der Waals surface area contributed by atoms with Crippen molar-refractivity contribution in [2.45, 2.75) is 31.0 Å². The number of carbonyl (C=O) groups excluding carboxylic acids is 1. The Labute approximate surface area is 168 Å². The summed E-state index contributed by atoms with van der Waals surface area (Å²) >= 11 is 1.40. The number of nitrogens with zero attached hydrogens (tertiary/aromatic N) is 3. The lowest BCUT2D eigenvalue weighted by Gasteiger charge is -2.11. The molecule has 144 valence electrons. The zero-order valence-electron chi connectivity index (χ0n) is 15.9. The monoisotopic (exact) mass is 394 g/mol. The molecule has 1 N–H and O–H groups in total. The zero-order chi connectivity index (χ0) is 19.5. The van der Waals surface area contributed by atoms with Crippen LogP contribution < -0.4 is 10.1 Å². The molecule has 0 radical (unpaired) electrons. The van der Waals surface area contributed by atoms with Crippen molar-refractivity contribution in [3.8, 4) is 22.8 Å². The largest absolute Gasteiger partial charge is 0.497 e. The van der Waals surface area contributed by atoms with Crippen molar-refractivity contribution in [1.29, 1.82) is 0 Å². The van der Waals surface area contributed by atoms with Gasteiger partial charge in [-0.1, -0.05) is 35.5 Å². The van der Waals surface area contributed by atoms with Gasteiger partial charge in [0, 0.05) is 17.3 Å². The third-order valence-electron chi connectivity index (χ3n) is 4.52. The van der Waals surface area contributed by atoms with Crippen LogP contribution in [-0.2, 0) is 4.79 Å². The normalized spacial score (nSPS) is 13.4. The van der Waals surface area contributed by atoms with E-state index in [1.54, 1.807) is 7.11 Å². The fourth-order valence-corrected chi connectivity index (χ4v) is 3.69. The van der Waals surface area contributed by atoms with Crippen LogP contribution in [0.1, 0.15) is 18.4 Å². The number of hydrogen-bond donors (Lipinski definition) is 1. The van der Waals surface area contributed by atoms with Gasteiger partial charge in [-0.2, -0.15) is 0 Å². The van der Waals surface area contributed by atoms with Crippen LogP contribution >= 0.6 is 11.8 Å². The Morgan fingerprint density at radius 3 is 2.68 bits per heavy atom. The van der Waals surface area contributed by atoms with Gasteiger partial charge < -0.3 is 10.1 Å². The molecule has 7 heteroatoms. The second-order valence-corrected chi connectivity index (χ2v) is 7.78. The van der Waals surface area contributed by atoms with E-state index >= 15 is 0 Å². The highest BCUT2D eigenvalue weighted by atomic mass is 32.2. The summed E-state index contributed by atoms with van der Waals surface area (Å²) in [7, 11) is 1.64. The predicted octanol–water partition coefficient (Wildman–Crippen LogP) is 3.62. The summed E-state index contributed by atoms with van der Waals surface area (Å²) in [5.41, 5.74) is 3.06. The van der Waals surface area contributed by atoms with E-state index in [0.717, 1.165) is 41.2 Å². The van der Waals surface area contributed by atoms with Gasteiger partial charge in [0.15, 0.2) is 11.0 Å². The van der Waals surface area contributed by atoms with Gasteiger partial charge in [-0.15, -0.1) is 10.2 Å². The van der Waals surface area contributed by atoms with E-state index in [1.165, 1.54) is 11.8 Å². The first kappa shape index (κ1) is 18.6. The Balaban J connectivity index is 1.67. The summed E-state index contributed by atoms with van der Waals surface area (Å²) in [6, 6.07) is 16.3. The van der Waals surface area contributed by atoms with Crippen LogP contribution in [-0.4, -0.2) is 39.6 Å². The van der Waals surface area contributed by atoms with Gasteiger partial charge in [0.1, 0.15) is 5.75 Å². The van der Waals surface area contributed by atoms with E-state index in [4.69, 9.17) is 4.74 Å². The molecule has 1 aromatic heterocycles. The molecule has 2 aromatic carbocycles. The molecular formula is C21H22N4O2S. The molecule has 0 atom stereocenters. The van der Waals surface area contributed by atoms with Crippen LogP contribution in [0.2, 0.25) is 0 Å². The highest BCUT2D eigenvalue weighted by molar-refractivity contribution is 7.99. The zero-order valence-corrected chi connectivity index (χ0v) is 16.7. The number of rotatable bonds is 7. The van der Waals surface area contributed by atoms with Crippen molar-refractivity contribution < 1.29 is 9.53 Å². The maximum Gasteiger partial charge on any atom is 0.230 e. The summed E-state index contributed by atoms with van der Waals surface area (Å²) in [5.74, 6) is 1.89. The molecule has 0 saturated heterocycles. The van der Waals surface area contributed by atoms with E-state index in [-0.39, 0.29) is 5.91 Å². The Morgan fingerprint density at radius 2 is 2.00 bits per heavy atom. The Morgan fingerprint density at radius 1 is 1.21 bits per heavy atom. The summed E-state index contributed by atoms with van der Waals surface area (Å²) in [4.78, 5) is 12.1. The molecule has 1 amide bonds. The van der Waals surface area contributed by atoms with E-state index in [9.17, 15) is 4.79 Å². The highest BCUT2D eigenvalue weighted by Gasteiger charge is 2.24. The van der Waals surface area contributed by atoms with Gasteiger partial charge in [0.2, 0.25) is 5.91 Å². The molecule has 3 aromatic rings. The van der Waals surface area contributed by atoms with Crippen molar-refractivity contribution in [1.82, 2.24) is 20.1 Å². The molecule has 1 aliphatic rings. The van der Waals surface area contributed by atoms with Gasteiger partial charge in [-0.3, -0.25) is 9.36 Å². The third kappa shape index (κ3) is 4.20. The third-order valence-corrected chi connectivity index (χ3v) is 5.44. The number of aryl methyl sites for hydroxylation is 1. The Bertz CT molecular complexity index is 980. The second kappa shape index (κ2) is 8.06. The van der Waals surface area contributed by atoms with Crippen LogP contribution in [0.4, 0.5) is 0 Å². The number of ether oxygens (including phenoxy) is 1. The number of amides is 1. The van der Waals surface area contributed by atoms with Crippen LogP contribution in [0.15, 0.2) is 53.7 Å². The number of hydrogen-bond acceptors (Lipinski definition) is 5. The van der Waals surface area contributed by atoms with Crippen molar-refractivity contribution in [2.24, 2.45) is 0 Å². The number of methoxy groups -OCH3 is 1. The number of aromatic nitrogens is 3. The quantitative estimate of drug-likeness (QED) is 0.620. The lowest BCUT2D eigenvalue weighted by molar-refractivity contribution is -0.118. The minimum Gasteiger partial charge on any atom is -0.497 e. The molecule has 4 rings (SSSR count). The van der Waals surface area contributed by atoms with E-state index < -0.39 is 0 Å². The topological polar surface area (TPSA) is 69.0 Å². The number of benzene rings is 2.